The molecule has 184 valence electrons. The molecule has 10 nitrogen and oxygen atoms in total. The number of rotatable bonds is 7. The quantitative estimate of drug-likeness (QED) is 0.537. The van der Waals surface area contributed by atoms with Crippen LogP contribution in [0.3, 0.4) is 0 Å². The summed E-state index contributed by atoms with van der Waals surface area (Å²) >= 11 is 0. The molecule has 0 radical (unpaired) electrons. The van der Waals surface area contributed by atoms with E-state index >= 15 is 0 Å². The molecule has 0 saturated carbocycles. The molecule has 1 fully saturated rings. The maximum absolute atomic E-state index is 13.0. The summed E-state index contributed by atoms with van der Waals surface area (Å²) in [5.41, 5.74) is 9.94. The van der Waals surface area contributed by atoms with Gasteiger partial charge in [0.25, 0.3) is 0 Å². The van der Waals surface area contributed by atoms with Gasteiger partial charge in [-0.2, -0.15) is 5.10 Å². The monoisotopic (exact) mass is 476 g/mol. The fourth-order valence-corrected chi connectivity index (χ4v) is 4.50. The Labute approximate surface area is 205 Å². The number of primary amides is 1. The molecular formula is C25H32N8O2. The minimum absolute atomic E-state index is 0.0709. The number of carbonyl (C=O) groups is 2. The van der Waals surface area contributed by atoms with Crippen LogP contribution < -0.4 is 16.0 Å². The Morgan fingerprint density at radius 1 is 1.26 bits per heavy atom. The molecule has 3 aromatic rings. The molecule has 1 saturated heterocycles. The van der Waals surface area contributed by atoms with Gasteiger partial charge in [0.05, 0.1) is 29.7 Å². The Morgan fingerprint density at radius 3 is 2.74 bits per heavy atom. The van der Waals surface area contributed by atoms with Crippen LogP contribution in [0.5, 0.6) is 0 Å². The van der Waals surface area contributed by atoms with Crippen LogP contribution >= 0.6 is 0 Å². The van der Waals surface area contributed by atoms with E-state index in [2.05, 4.69) is 20.3 Å². The van der Waals surface area contributed by atoms with E-state index in [1.165, 1.54) is 0 Å². The number of hydrogen-bond donors (Lipinski definition) is 2. The van der Waals surface area contributed by atoms with Crippen molar-refractivity contribution in [3.05, 3.63) is 53.6 Å². The highest BCUT2D eigenvalue weighted by atomic mass is 16.2. The molecule has 0 spiro atoms. The average molecular weight is 477 g/mol. The Hall–Kier alpha value is -3.79. The zero-order valence-electron chi connectivity index (χ0n) is 20.7. The molecular weight excluding hydrogens is 444 g/mol. The molecule has 0 aliphatic carbocycles. The summed E-state index contributed by atoms with van der Waals surface area (Å²) < 4.78 is 1.69. The number of nitrogens with two attached hydrogens (primary N) is 1. The van der Waals surface area contributed by atoms with Crippen molar-refractivity contribution in [3.63, 3.8) is 0 Å². The van der Waals surface area contributed by atoms with E-state index in [0.29, 0.717) is 17.2 Å². The van der Waals surface area contributed by atoms with E-state index in [0.717, 1.165) is 48.3 Å². The number of anilines is 2. The highest BCUT2D eigenvalue weighted by Gasteiger charge is 2.30. The number of carbonyl (C=O) groups excluding carboxylic acids is 2. The summed E-state index contributed by atoms with van der Waals surface area (Å²) in [7, 11) is 5.62. The molecule has 1 aliphatic rings. The minimum atomic E-state index is -0.485. The van der Waals surface area contributed by atoms with Crippen molar-refractivity contribution in [3.8, 4) is 11.1 Å². The van der Waals surface area contributed by atoms with Gasteiger partial charge in [0.15, 0.2) is 0 Å². The second-order valence-corrected chi connectivity index (χ2v) is 9.14. The third-order valence-corrected chi connectivity index (χ3v) is 6.23. The van der Waals surface area contributed by atoms with Gasteiger partial charge in [0.1, 0.15) is 0 Å². The molecule has 3 N–H and O–H groups in total. The van der Waals surface area contributed by atoms with Gasteiger partial charge in [-0.25, -0.2) is 9.97 Å². The number of nitrogens with zero attached hydrogens (tertiary/aromatic N) is 6. The van der Waals surface area contributed by atoms with Gasteiger partial charge in [-0.1, -0.05) is 18.6 Å². The zero-order valence-corrected chi connectivity index (χ0v) is 20.7. The number of likely N-dealkylation sites (tertiary alicyclic amines) is 1. The van der Waals surface area contributed by atoms with Crippen molar-refractivity contribution in [2.45, 2.75) is 32.2 Å². The Kier molecular flexibility index (Phi) is 7.11. The fourth-order valence-electron chi connectivity index (χ4n) is 4.50. The Morgan fingerprint density at radius 2 is 2.06 bits per heavy atom. The van der Waals surface area contributed by atoms with Crippen LogP contribution in [0.4, 0.5) is 11.6 Å². The average Bonchev–Trinajstić information content (AvgIpc) is 3.15. The third-order valence-electron chi connectivity index (χ3n) is 6.23. The number of piperidine rings is 1. The van der Waals surface area contributed by atoms with Crippen LogP contribution in [0.2, 0.25) is 0 Å². The number of aromatic nitrogens is 4. The van der Waals surface area contributed by atoms with E-state index in [9.17, 15) is 9.59 Å². The van der Waals surface area contributed by atoms with Gasteiger partial charge in [-0.3, -0.25) is 19.2 Å². The summed E-state index contributed by atoms with van der Waals surface area (Å²) in [5, 5.41) is 7.29. The van der Waals surface area contributed by atoms with Crippen molar-refractivity contribution in [1.82, 2.24) is 24.6 Å². The molecule has 1 aromatic carbocycles. The Bertz CT molecular complexity index is 1240. The lowest BCUT2D eigenvalue weighted by atomic mass is 9.93. The lowest BCUT2D eigenvalue weighted by molar-refractivity contribution is -0.118. The van der Waals surface area contributed by atoms with Gasteiger partial charge < -0.3 is 16.0 Å². The smallest absolute Gasteiger partial charge is 0.248 e. The van der Waals surface area contributed by atoms with Crippen LogP contribution in [0.25, 0.3) is 11.1 Å². The topological polar surface area (TPSA) is 122 Å². The van der Waals surface area contributed by atoms with E-state index in [1.54, 1.807) is 35.3 Å². The fraction of sp³-hybridized carbons (Fsp3) is 0.400. The maximum Gasteiger partial charge on any atom is 0.248 e. The second-order valence-electron chi connectivity index (χ2n) is 9.14. The Balaban J connectivity index is 1.68. The summed E-state index contributed by atoms with van der Waals surface area (Å²) in [5.74, 6) is 0.0174. The molecule has 1 atom stereocenters. The number of nitrogens with one attached hydrogen (secondary N) is 1. The van der Waals surface area contributed by atoms with Crippen LogP contribution in [0, 0.1) is 6.92 Å². The largest absolute Gasteiger partial charge is 0.366 e. The van der Waals surface area contributed by atoms with Gasteiger partial charge in [-0.15, -0.1) is 0 Å². The maximum atomic E-state index is 13.0. The highest BCUT2D eigenvalue weighted by Crippen LogP contribution is 2.36. The number of amides is 2. The van der Waals surface area contributed by atoms with E-state index in [1.807, 2.05) is 39.0 Å². The number of benzene rings is 1. The van der Waals surface area contributed by atoms with Crippen LogP contribution in [0.1, 0.15) is 47.1 Å². The van der Waals surface area contributed by atoms with Crippen LogP contribution in [-0.2, 0) is 11.8 Å². The normalized spacial score (nSPS) is 16.2. The molecule has 2 aromatic heterocycles. The van der Waals surface area contributed by atoms with E-state index < -0.39 is 5.91 Å². The predicted octanol–water partition coefficient (Wildman–Crippen LogP) is 2.52. The molecule has 2 amide bonds. The van der Waals surface area contributed by atoms with Crippen molar-refractivity contribution in [1.29, 1.82) is 0 Å². The van der Waals surface area contributed by atoms with Crippen LogP contribution in [0.15, 0.2) is 36.7 Å². The predicted molar refractivity (Wildman–Crippen MR) is 135 cm³/mol. The summed E-state index contributed by atoms with van der Waals surface area (Å²) in [4.78, 5) is 38.3. The zero-order chi connectivity index (χ0) is 25.1. The van der Waals surface area contributed by atoms with E-state index in [4.69, 9.17) is 10.7 Å². The lowest BCUT2D eigenvalue weighted by Crippen LogP contribution is -2.40. The first kappa shape index (κ1) is 24.3. The highest BCUT2D eigenvalue weighted by molar-refractivity contribution is 5.94. The molecule has 10 heteroatoms. The van der Waals surface area contributed by atoms with Gasteiger partial charge in [-0.05, 0) is 44.0 Å². The molecule has 1 aliphatic heterocycles. The first-order chi connectivity index (χ1) is 16.7. The molecule has 4 rings (SSSR count). The molecule has 0 bridgehead atoms. The summed E-state index contributed by atoms with van der Waals surface area (Å²) in [6.45, 7) is 2.89. The first-order valence-corrected chi connectivity index (χ1v) is 11.7. The van der Waals surface area contributed by atoms with E-state index in [-0.39, 0.29) is 18.5 Å². The number of hydrogen-bond acceptors (Lipinski definition) is 7. The van der Waals surface area contributed by atoms with Crippen molar-refractivity contribution >= 4 is 23.5 Å². The standard InChI is InChI=1S/C25H32N8O2/c1-16-20(14-32(4)30-16)28-22(34)15-33-11-6-5-10-21(33)23-19(13-27-25(29-23)31(2)3)17-8-7-9-18(12-17)24(26)35/h7-9,12-14,21H,5-6,10-11,15H2,1-4H3,(H2,26,35)(H,28,34)/t21-/m1/s1. The molecule has 0 unspecified atom stereocenters. The van der Waals surface area contributed by atoms with Crippen LogP contribution in [-0.4, -0.2) is 63.6 Å². The van der Waals surface area contributed by atoms with Crippen molar-refractivity contribution in [2.24, 2.45) is 12.8 Å². The SMILES string of the molecule is Cc1nn(C)cc1NC(=O)CN1CCCC[C@@H]1c1nc(N(C)C)ncc1-c1cccc(C(N)=O)c1. The minimum Gasteiger partial charge on any atom is -0.366 e. The third kappa shape index (κ3) is 5.48. The van der Waals surface area contributed by atoms with Gasteiger partial charge in [0.2, 0.25) is 17.8 Å². The summed E-state index contributed by atoms with van der Waals surface area (Å²) in [6.07, 6.45) is 6.51. The van der Waals surface area contributed by atoms with Crippen molar-refractivity contribution in [2.75, 3.05) is 37.4 Å². The van der Waals surface area contributed by atoms with Gasteiger partial charge >= 0.3 is 0 Å². The second kappa shape index (κ2) is 10.2. The lowest BCUT2D eigenvalue weighted by Gasteiger charge is -2.36. The molecule has 3 heterocycles. The molecule has 35 heavy (non-hydrogen) atoms. The summed E-state index contributed by atoms with van der Waals surface area (Å²) in [6, 6.07) is 7.12. The number of aryl methyl sites for hydroxylation is 2. The van der Waals surface area contributed by atoms with Crippen molar-refractivity contribution < 1.29 is 9.59 Å². The van der Waals surface area contributed by atoms with Gasteiger partial charge in [0, 0.05) is 44.7 Å². The first-order valence-electron chi connectivity index (χ1n) is 11.7.